The number of hydrogen-bond acceptors (Lipinski definition) is 7. The molecule has 0 amide bonds. The topological polar surface area (TPSA) is 75.9 Å². The van der Waals surface area contributed by atoms with Gasteiger partial charge in [0.05, 0.1) is 6.20 Å². The van der Waals surface area contributed by atoms with E-state index in [4.69, 9.17) is 0 Å². The molecule has 4 rings (SSSR count). The van der Waals surface area contributed by atoms with Crippen LogP contribution in [-0.2, 0) is 0 Å². The maximum Gasteiger partial charge on any atom is 0.183 e. The summed E-state index contributed by atoms with van der Waals surface area (Å²) in [6.45, 7) is 2.77. The number of hydrogen-bond donors (Lipinski definition) is 0. The Hall–Kier alpha value is -3.10. The third-order valence-corrected chi connectivity index (χ3v) is 3.93. The van der Waals surface area contributed by atoms with Crippen LogP contribution in [0.5, 0.6) is 0 Å². The summed E-state index contributed by atoms with van der Waals surface area (Å²) in [4.78, 5) is 11.7. The monoisotopic (exact) mass is 326 g/mol. The molecule has 0 aliphatic carbocycles. The van der Waals surface area contributed by atoms with Gasteiger partial charge in [-0.1, -0.05) is 0 Å². The number of nitrogens with zero attached hydrogens (tertiary/aromatic N) is 8. The molecule has 0 spiro atoms. The molecule has 9 heteroatoms. The number of piperazine rings is 1. The molecule has 122 valence electrons. The molecule has 0 unspecified atom stereocenters. The van der Waals surface area contributed by atoms with E-state index >= 15 is 0 Å². The van der Waals surface area contributed by atoms with E-state index < -0.39 is 5.82 Å². The first kappa shape index (κ1) is 14.5. The Kier molecular flexibility index (Phi) is 3.73. The van der Waals surface area contributed by atoms with Gasteiger partial charge in [0.25, 0.3) is 0 Å². The van der Waals surface area contributed by atoms with Gasteiger partial charge in [0.15, 0.2) is 23.3 Å². The van der Waals surface area contributed by atoms with Crippen molar-refractivity contribution in [2.24, 2.45) is 0 Å². The van der Waals surface area contributed by atoms with E-state index in [2.05, 4.69) is 30.2 Å². The summed E-state index contributed by atoms with van der Waals surface area (Å²) in [6.07, 6.45) is 6.07. The van der Waals surface area contributed by atoms with Crippen LogP contribution in [0.3, 0.4) is 0 Å². The second-order valence-electron chi connectivity index (χ2n) is 5.37. The molecule has 3 aromatic heterocycles. The van der Waals surface area contributed by atoms with Gasteiger partial charge in [-0.2, -0.15) is 5.10 Å². The molecule has 24 heavy (non-hydrogen) atoms. The fourth-order valence-electron chi connectivity index (χ4n) is 2.70. The third kappa shape index (κ3) is 2.75. The first-order valence-electron chi connectivity index (χ1n) is 7.60. The van der Waals surface area contributed by atoms with E-state index in [0.717, 1.165) is 18.9 Å². The molecule has 1 saturated heterocycles. The van der Waals surface area contributed by atoms with Crippen molar-refractivity contribution in [1.29, 1.82) is 0 Å². The minimum absolute atomic E-state index is 0.352. The van der Waals surface area contributed by atoms with Crippen molar-refractivity contribution in [3.05, 3.63) is 48.9 Å². The van der Waals surface area contributed by atoms with E-state index in [1.165, 1.54) is 12.5 Å². The van der Waals surface area contributed by atoms with Crippen molar-refractivity contribution in [2.75, 3.05) is 36.0 Å². The molecule has 1 aliphatic heterocycles. The van der Waals surface area contributed by atoms with Crippen LogP contribution in [0.4, 0.5) is 16.0 Å². The van der Waals surface area contributed by atoms with E-state index in [9.17, 15) is 4.39 Å². The van der Waals surface area contributed by atoms with Gasteiger partial charge in [0.1, 0.15) is 6.33 Å². The molecule has 0 saturated carbocycles. The Morgan fingerprint density at radius 1 is 0.958 bits per heavy atom. The summed E-state index contributed by atoms with van der Waals surface area (Å²) in [6, 6.07) is 5.64. The molecule has 8 nitrogen and oxygen atoms in total. The SMILES string of the molecule is Fc1cncnc1N1CCN(c2ccc(-n3cccn3)nn2)CC1. The minimum Gasteiger partial charge on any atom is -0.352 e. The second kappa shape index (κ2) is 6.19. The lowest BCUT2D eigenvalue weighted by atomic mass is 10.3. The zero-order valence-corrected chi connectivity index (χ0v) is 12.8. The minimum atomic E-state index is -0.394. The largest absolute Gasteiger partial charge is 0.352 e. The van der Waals surface area contributed by atoms with Gasteiger partial charge >= 0.3 is 0 Å². The summed E-state index contributed by atoms with van der Waals surface area (Å²) in [7, 11) is 0. The Morgan fingerprint density at radius 2 is 1.71 bits per heavy atom. The third-order valence-electron chi connectivity index (χ3n) is 3.93. The van der Waals surface area contributed by atoms with Gasteiger partial charge < -0.3 is 9.80 Å². The second-order valence-corrected chi connectivity index (χ2v) is 5.37. The molecular formula is C15H15FN8. The summed E-state index contributed by atoms with van der Waals surface area (Å²) in [5.74, 6) is 1.43. The van der Waals surface area contributed by atoms with Crippen molar-refractivity contribution in [2.45, 2.75) is 0 Å². The average Bonchev–Trinajstić information content (AvgIpc) is 3.17. The van der Waals surface area contributed by atoms with Crippen LogP contribution in [0.2, 0.25) is 0 Å². The van der Waals surface area contributed by atoms with E-state index in [0.29, 0.717) is 24.7 Å². The van der Waals surface area contributed by atoms with Crippen LogP contribution in [0.15, 0.2) is 43.1 Å². The van der Waals surface area contributed by atoms with Crippen LogP contribution >= 0.6 is 0 Å². The molecule has 0 aromatic carbocycles. The fourth-order valence-corrected chi connectivity index (χ4v) is 2.70. The van der Waals surface area contributed by atoms with Crippen LogP contribution < -0.4 is 9.80 Å². The maximum atomic E-state index is 13.8. The predicted molar refractivity (Wildman–Crippen MR) is 85.6 cm³/mol. The molecular weight excluding hydrogens is 311 g/mol. The molecule has 0 N–H and O–H groups in total. The molecule has 0 atom stereocenters. The Bertz CT molecular complexity index is 797. The van der Waals surface area contributed by atoms with Crippen molar-refractivity contribution in [1.82, 2.24) is 29.9 Å². The van der Waals surface area contributed by atoms with E-state index in [1.807, 2.05) is 29.3 Å². The van der Waals surface area contributed by atoms with Crippen molar-refractivity contribution in [3.8, 4) is 5.82 Å². The predicted octanol–water partition coefficient (Wildman–Crippen LogP) is 0.918. The Labute approximate surface area is 137 Å². The van der Waals surface area contributed by atoms with Crippen LogP contribution in [0.25, 0.3) is 5.82 Å². The van der Waals surface area contributed by atoms with Crippen molar-refractivity contribution in [3.63, 3.8) is 0 Å². The molecule has 0 bridgehead atoms. The molecule has 0 radical (unpaired) electrons. The number of rotatable bonds is 3. The molecule has 1 aliphatic rings. The Balaban J connectivity index is 1.43. The highest BCUT2D eigenvalue weighted by atomic mass is 19.1. The lowest BCUT2D eigenvalue weighted by Crippen LogP contribution is -2.47. The van der Waals surface area contributed by atoms with Crippen LogP contribution in [0, 0.1) is 5.82 Å². The van der Waals surface area contributed by atoms with Crippen LogP contribution in [0.1, 0.15) is 0 Å². The summed E-state index contributed by atoms with van der Waals surface area (Å²) in [5, 5.41) is 12.6. The summed E-state index contributed by atoms with van der Waals surface area (Å²) in [5.41, 5.74) is 0. The highest BCUT2D eigenvalue weighted by Gasteiger charge is 2.21. The molecule has 4 heterocycles. The highest BCUT2D eigenvalue weighted by molar-refractivity contribution is 5.45. The normalized spacial score (nSPS) is 14.9. The van der Waals surface area contributed by atoms with E-state index in [1.54, 1.807) is 10.9 Å². The van der Waals surface area contributed by atoms with Crippen molar-refractivity contribution < 1.29 is 4.39 Å². The fraction of sp³-hybridized carbons (Fsp3) is 0.267. The number of aromatic nitrogens is 6. The van der Waals surface area contributed by atoms with Gasteiger partial charge in [-0.3, -0.25) is 0 Å². The van der Waals surface area contributed by atoms with E-state index in [-0.39, 0.29) is 0 Å². The van der Waals surface area contributed by atoms with Gasteiger partial charge in [-0.15, -0.1) is 10.2 Å². The van der Waals surface area contributed by atoms with Gasteiger partial charge in [0.2, 0.25) is 0 Å². The Morgan fingerprint density at radius 3 is 2.38 bits per heavy atom. The quantitative estimate of drug-likeness (QED) is 0.708. The summed E-state index contributed by atoms with van der Waals surface area (Å²) >= 11 is 0. The lowest BCUT2D eigenvalue weighted by molar-refractivity contribution is 0.580. The maximum absolute atomic E-state index is 13.8. The standard InChI is InChI=1S/C15H15FN8/c16-12-10-17-11-18-15(12)23-8-6-22(7-9-23)13-2-3-14(21-20-13)24-5-1-4-19-24/h1-5,10-11H,6-9H2. The highest BCUT2D eigenvalue weighted by Crippen LogP contribution is 2.19. The number of halogens is 1. The molecule has 1 fully saturated rings. The lowest BCUT2D eigenvalue weighted by Gasteiger charge is -2.35. The average molecular weight is 326 g/mol. The smallest absolute Gasteiger partial charge is 0.183 e. The van der Waals surface area contributed by atoms with Gasteiger partial charge in [0, 0.05) is 38.6 Å². The first-order valence-corrected chi connectivity index (χ1v) is 7.60. The summed E-state index contributed by atoms with van der Waals surface area (Å²) < 4.78 is 15.4. The van der Waals surface area contributed by atoms with Gasteiger partial charge in [-0.05, 0) is 18.2 Å². The number of anilines is 2. The zero-order chi connectivity index (χ0) is 16.4. The van der Waals surface area contributed by atoms with Crippen molar-refractivity contribution >= 4 is 11.6 Å². The van der Waals surface area contributed by atoms with Gasteiger partial charge in [-0.25, -0.2) is 19.0 Å². The first-order chi connectivity index (χ1) is 11.8. The zero-order valence-electron chi connectivity index (χ0n) is 12.8. The molecule has 3 aromatic rings. The van der Waals surface area contributed by atoms with Crippen LogP contribution in [-0.4, -0.2) is 56.1 Å².